The van der Waals surface area contributed by atoms with E-state index in [1.807, 2.05) is 19.1 Å². The first-order valence-electron chi connectivity index (χ1n) is 5.51. The number of hydrogen-bond donors (Lipinski definition) is 2. The zero-order valence-electron chi connectivity index (χ0n) is 10.5. The summed E-state index contributed by atoms with van der Waals surface area (Å²) in [6, 6.07) is 3.86. The molecule has 0 heterocycles. The summed E-state index contributed by atoms with van der Waals surface area (Å²) in [5.41, 5.74) is 3.18. The molecule has 0 saturated heterocycles. The molecule has 0 atom stereocenters. The predicted molar refractivity (Wildman–Crippen MR) is 65.4 cm³/mol. The fourth-order valence-corrected chi connectivity index (χ4v) is 1.78. The normalized spacial score (nSPS) is 11.8. The third kappa shape index (κ3) is 2.97. The second kappa shape index (κ2) is 4.85. The van der Waals surface area contributed by atoms with Crippen LogP contribution in [0.15, 0.2) is 12.1 Å². The Bertz CT molecular complexity index is 367. The number of nitrogens with two attached hydrogens (primary N) is 1. The van der Waals surface area contributed by atoms with Crippen molar-refractivity contribution in [2.75, 3.05) is 6.61 Å². The Labute approximate surface area is 97.2 Å². The van der Waals surface area contributed by atoms with Gasteiger partial charge >= 0.3 is 0 Å². The SMILES string of the molecule is Cc1cc(C(C)(C)C)c(O)cc1CCON. The molecule has 0 unspecified atom stereocenters. The molecule has 0 radical (unpaired) electrons. The van der Waals surface area contributed by atoms with Crippen LogP contribution in [0.5, 0.6) is 5.75 Å². The van der Waals surface area contributed by atoms with Gasteiger partial charge in [-0.05, 0) is 41.5 Å². The monoisotopic (exact) mass is 223 g/mol. The van der Waals surface area contributed by atoms with Gasteiger partial charge in [0.25, 0.3) is 0 Å². The summed E-state index contributed by atoms with van der Waals surface area (Å²) in [7, 11) is 0. The van der Waals surface area contributed by atoms with Crippen LogP contribution in [0, 0.1) is 6.92 Å². The summed E-state index contributed by atoms with van der Waals surface area (Å²) < 4.78 is 0. The van der Waals surface area contributed by atoms with Gasteiger partial charge in [0.05, 0.1) is 6.61 Å². The van der Waals surface area contributed by atoms with Crippen molar-refractivity contribution >= 4 is 0 Å². The molecule has 0 aliphatic rings. The fourth-order valence-electron chi connectivity index (χ4n) is 1.78. The second-order valence-corrected chi connectivity index (χ2v) is 5.17. The molecule has 1 aromatic carbocycles. The molecule has 3 N–H and O–H groups in total. The van der Waals surface area contributed by atoms with Crippen LogP contribution in [0.1, 0.15) is 37.5 Å². The van der Waals surface area contributed by atoms with Crippen LogP contribution in [0.3, 0.4) is 0 Å². The highest BCUT2D eigenvalue weighted by atomic mass is 16.6. The standard InChI is InChI=1S/C13H21NO2/c1-9-7-11(13(2,3)4)12(15)8-10(9)5-6-16-14/h7-8,15H,5-6,14H2,1-4H3. The number of aromatic hydroxyl groups is 1. The Morgan fingerprint density at radius 2 is 1.94 bits per heavy atom. The maximum absolute atomic E-state index is 9.98. The van der Waals surface area contributed by atoms with E-state index >= 15 is 0 Å². The fraction of sp³-hybridized carbons (Fsp3) is 0.538. The summed E-state index contributed by atoms with van der Waals surface area (Å²) in [6.45, 7) is 8.77. The minimum atomic E-state index is -0.0439. The topological polar surface area (TPSA) is 55.5 Å². The summed E-state index contributed by atoms with van der Waals surface area (Å²) in [5.74, 6) is 5.35. The average molecular weight is 223 g/mol. The first kappa shape index (κ1) is 13.0. The third-order valence-electron chi connectivity index (χ3n) is 2.75. The highest BCUT2D eigenvalue weighted by Crippen LogP contribution is 2.32. The predicted octanol–water partition coefficient (Wildman–Crippen LogP) is 2.43. The molecule has 1 rings (SSSR count). The number of rotatable bonds is 3. The van der Waals surface area contributed by atoms with E-state index in [4.69, 9.17) is 5.90 Å². The Kier molecular flexibility index (Phi) is 3.94. The van der Waals surface area contributed by atoms with E-state index in [0.717, 1.165) is 17.5 Å². The molecular weight excluding hydrogens is 202 g/mol. The van der Waals surface area contributed by atoms with Gasteiger partial charge in [-0.3, -0.25) is 0 Å². The van der Waals surface area contributed by atoms with E-state index in [9.17, 15) is 5.11 Å². The summed E-state index contributed by atoms with van der Waals surface area (Å²) in [5, 5.41) is 9.98. The lowest BCUT2D eigenvalue weighted by Crippen LogP contribution is -2.12. The summed E-state index contributed by atoms with van der Waals surface area (Å²) >= 11 is 0. The maximum atomic E-state index is 9.98. The lowest BCUT2D eigenvalue weighted by atomic mass is 9.84. The smallest absolute Gasteiger partial charge is 0.119 e. The molecule has 3 nitrogen and oxygen atoms in total. The van der Waals surface area contributed by atoms with Crippen LogP contribution < -0.4 is 5.90 Å². The van der Waals surface area contributed by atoms with Gasteiger partial charge in [-0.2, -0.15) is 0 Å². The van der Waals surface area contributed by atoms with Crippen molar-refractivity contribution in [3.8, 4) is 5.75 Å². The van der Waals surface area contributed by atoms with Gasteiger partial charge in [0, 0.05) is 0 Å². The van der Waals surface area contributed by atoms with Crippen LogP contribution >= 0.6 is 0 Å². The van der Waals surface area contributed by atoms with Crippen molar-refractivity contribution in [1.82, 2.24) is 0 Å². The van der Waals surface area contributed by atoms with Crippen molar-refractivity contribution in [2.24, 2.45) is 5.90 Å². The van der Waals surface area contributed by atoms with Crippen LogP contribution in [-0.4, -0.2) is 11.7 Å². The van der Waals surface area contributed by atoms with E-state index in [0.29, 0.717) is 12.4 Å². The molecule has 0 fully saturated rings. The van der Waals surface area contributed by atoms with Crippen molar-refractivity contribution in [3.63, 3.8) is 0 Å². The minimum absolute atomic E-state index is 0.0439. The van der Waals surface area contributed by atoms with Gasteiger partial charge in [0.2, 0.25) is 0 Å². The van der Waals surface area contributed by atoms with Gasteiger partial charge in [-0.15, -0.1) is 0 Å². The van der Waals surface area contributed by atoms with Crippen molar-refractivity contribution in [1.29, 1.82) is 0 Å². The van der Waals surface area contributed by atoms with Gasteiger partial charge in [0.15, 0.2) is 0 Å². The van der Waals surface area contributed by atoms with Crippen LogP contribution in [0.25, 0.3) is 0 Å². The minimum Gasteiger partial charge on any atom is -0.508 e. The Hall–Kier alpha value is -1.06. The molecule has 3 heteroatoms. The molecular formula is C13H21NO2. The van der Waals surface area contributed by atoms with Gasteiger partial charge < -0.3 is 9.94 Å². The number of benzene rings is 1. The van der Waals surface area contributed by atoms with Gasteiger partial charge in [-0.25, -0.2) is 5.90 Å². The average Bonchev–Trinajstić information content (AvgIpc) is 2.17. The molecule has 0 bridgehead atoms. The summed E-state index contributed by atoms with van der Waals surface area (Å²) in [6.07, 6.45) is 0.723. The Morgan fingerprint density at radius 1 is 1.31 bits per heavy atom. The zero-order chi connectivity index (χ0) is 12.3. The van der Waals surface area contributed by atoms with Gasteiger partial charge in [0.1, 0.15) is 5.75 Å². The van der Waals surface area contributed by atoms with Gasteiger partial charge in [-0.1, -0.05) is 26.8 Å². The zero-order valence-corrected chi connectivity index (χ0v) is 10.5. The molecule has 0 aliphatic heterocycles. The number of phenols is 1. The Morgan fingerprint density at radius 3 is 2.44 bits per heavy atom. The molecule has 0 aromatic heterocycles. The maximum Gasteiger partial charge on any atom is 0.119 e. The van der Waals surface area contributed by atoms with E-state index in [1.165, 1.54) is 5.56 Å². The van der Waals surface area contributed by atoms with Crippen molar-refractivity contribution < 1.29 is 9.94 Å². The highest BCUT2D eigenvalue weighted by Gasteiger charge is 2.19. The molecule has 0 amide bonds. The van der Waals surface area contributed by atoms with Crippen molar-refractivity contribution in [2.45, 2.75) is 39.5 Å². The first-order chi connectivity index (χ1) is 7.36. The van der Waals surface area contributed by atoms with Crippen LogP contribution in [0.2, 0.25) is 0 Å². The largest absolute Gasteiger partial charge is 0.508 e. The lowest BCUT2D eigenvalue weighted by Gasteiger charge is -2.22. The second-order valence-electron chi connectivity index (χ2n) is 5.17. The van der Waals surface area contributed by atoms with Crippen LogP contribution in [-0.2, 0) is 16.7 Å². The van der Waals surface area contributed by atoms with E-state index in [-0.39, 0.29) is 5.41 Å². The molecule has 0 aliphatic carbocycles. The van der Waals surface area contributed by atoms with Crippen LogP contribution in [0.4, 0.5) is 0 Å². The molecule has 90 valence electrons. The Balaban J connectivity index is 3.07. The third-order valence-corrected chi connectivity index (χ3v) is 2.75. The van der Waals surface area contributed by atoms with E-state index < -0.39 is 0 Å². The van der Waals surface area contributed by atoms with E-state index in [1.54, 1.807) is 0 Å². The highest BCUT2D eigenvalue weighted by molar-refractivity contribution is 5.44. The number of hydrogen-bond acceptors (Lipinski definition) is 3. The lowest BCUT2D eigenvalue weighted by molar-refractivity contribution is 0.141. The van der Waals surface area contributed by atoms with Crippen molar-refractivity contribution in [3.05, 3.63) is 28.8 Å². The first-order valence-corrected chi connectivity index (χ1v) is 5.51. The molecule has 16 heavy (non-hydrogen) atoms. The quantitative estimate of drug-likeness (QED) is 0.774. The summed E-state index contributed by atoms with van der Waals surface area (Å²) in [4.78, 5) is 4.56. The molecule has 1 aromatic rings. The molecule has 0 spiro atoms. The molecule has 0 saturated carbocycles. The van der Waals surface area contributed by atoms with E-state index in [2.05, 4.69) is 25.6 Å². The number of aryl methyl sites for hydroxylation is 1. The number of phenolic OH excluding ortho intramolecular Hbond substituents is 1.